The minimum atomic E-state index is -0.167. The summed E-state index contributed by atoms with van der Waals surface area (Å²) in [6.45, 7) is 6.82. The van der Waals surface area contributed by atoms with E-state index in [1.807, 2.05) is 51.1 Å². The Morgan fingerprint density at radius 3 is 2.52 bits per heavy atom. The van der Waals surface area contributed by atoms with Gasteiger partial charge in [0.15, 0.2) is 0 Å². The van der Waals surface area contributed by atoms with Gasteiger partial charge in [-0.2, -0.15) is 0 Å². The Morgan fingerprint density at radius 1 is 1.11 bits per heavy atom. The molecule has 7 nitrogen and oxygen atoms in total. The van der Waals surface area contributed by atoms with Crippen molar-refractivity contribution in [2.45, 2.75) is 33.9 Å². The van der Waals surface area contributed by atoms with E-state index >= 15 is 0 Å². The van der Waals surface area contributed by atoms with Crippen LogP contribution in [0.3, 0.4) is 0 Å². The molecular formula is C20H23N5O2. The maximum Gasteiger partial charge on any atom is 0.251 e. The van der Waals surface area contributed by atoms with Crippen LogP contribution in [0.2, 0.25) is 0 Å². The number of rotatable bonds is 6. The Kier molecular flexibility index (Phi) is 5.49. The van der Waals surface area contributed by atoms with E-state index in [-0.39, 0.29) is 17.7 Å². The molecule has 0 bridgehead atoms. The number of hydrogen-bond donors (Lipinski definition) is 2. The Balaban J connectivity index is 1.61. The number of nitrogens with one attached hydrogen (secondary N) is 2. The lowest BCUT2D eigenvalue weighted by molar-refractivity contribution is -0.118. The SMILES string of the molecule is CCn1nnc2cc(C(=O)NCc3ccc(NC(=O)C(C)C)cc3)ccc21. The Hall–Kier alpha value is -3.22. The van der Waals surface area contributed by atoms with Gasteiger partial charge in [0.2, 0.25) is 5.91 Å². The lowest BCUT2D eigenvalue weighted by Gasteiger charge is -2.09. The first-order valence-electron chi connectivity index (χ1n) is 8.99. The molecule has 0 spiro atoms. The van der Waals surface area contributed by atoms with Gasteiger partial charge in [0.05, 0.1) is 5.52 Å². The summed E-state index contributed by atoms with van der Waals surface area (Å²) in [7, 11) is 0. The fraction of sp³-hybridized carbons (Fsp3) is 0.300. The number of amides is 2. The van der Waals surface area contributed by atoms with Crippen LogP contribution in [0.15, 0.2) is 42.5 Å². The molecule has 0 saturated heterocycles. The van der Waals surface area contributed by atoms with Crippen LogP contribution in [0.1, 0.15) is 36.7 Å². The molecule has 0 aliphatic rings. The summed E-state index contributed by atoms with van der Waals surface area (Å²) in [6.07, 6.45) is 0. The summed E-state index contributed by atoms with van der Waals surface area (Å²) in [6, 6.07) is 12.8. The van der Waals surface area contributed by atoms with Gasteiger partial charge in [-0.1, -0.05) is 31.2 Å². The number of fused-ring (bicyclic) bond motifs is 1. The van der Waals surface area contributed by atoms with Crippen LogP contribution in [0.4, 0.5) is 5.69 Å². The zero-order valence-corrected chi connectivity index (χ0v) is 15.7. The van der Waals surface area contributed by atoms with Crippen LogP contribution in [-0.4, -0.2) is 26.8 Å². The largest absolute Gasteiger partial charge is 0.348 e. The molecule has 0 atom stereocenters. The fourth-order valence-corrected chi connectivity index (χ4v) is 2.62. The first kappa shape index (κ1) is 18.6. The quantitative estimate of drug-likeness (QED) is 0.703. The van der Waals surface area contributed by atoms with Crippen molar-refractivity contribution in [1.29, 1.82) is 0 Å². The van der Waals surface area contributed by atoms with Crippen molar-refractivity contribution in [1.82, 2.24) is 20.3 Å². The molecule has 1 heterocycles. The zero-order chi connectivity index (χ0) is 19.4. The van der Waals surface area contributed by atoms with E-state index in [9.17, 15) is 9.59 Å². The minimum absolute atomic E-state index is 0.0218. The Bertz CT molecular complexity index is 960. The van der Waals surface area contributed by atoms with Crippen LogP contribution in [0.25, 0.3) is 11.0 Å². The van der Waals surface area contributed by atoms with Crippen molar-refractivity contribution >= 4 is 28.5 Å². The van der Waals surface area contributed by atoms with Crippen molar-refractivity contribution in [2.75, 3.05) is 5.32 Å². The van der Waals surface area contributed by atoms with Crippen LogP contribution < -0.4 is 10.6 Å². The second-order valence-electron chi connectivity index (χ2n) is 6.63. The van der Waals surface area contributed by atoms with E-state index in [1.165, 1.54) is 0 Å². The maximum absolute atomic E-state index is 12.4. The summed E-state index contributed by atoms with van der Waals surface area (Å²) >= 11 is 0. The number of carbonyl (C=O) groups excluding carboxylic acids is 2. The molecule has 1 aromatic heterocycles. The number of anilines is 1. The molecule has 27 heavy (non-hydrogen) atoms. The molecule has 0 saturated carbocycles. The molecule has 0 unspecified atom stereocenters. The monoisotopic (exact) mass is 365 g/mol. The lowest BCUT2D eigenvalue weighted by Crippen LogP contribution is -2.22. The standard InChI is InChI=1S/C20H23N5O2/c1-4-25-18-10-7-15(11-17(18)23-24-25)20(27)21-12-14-5-8-16(9-6-14)22-19(26)13(2)3/h5-11,13H,4,12H2,1-3H3,(H,21,27)(H,22,26). The number of aryl methyl sites for hydroxylation is 1. The van der Waals surface area contributed by atoms with Crippen LogP contribution >= 0.6 is 0 Å². The number of hydrogen-bond acceptors (Lipinski definition) is 4. The van der Waals surface area contributed by atoms with Crippen molar-refractivity contribution in [2.24, 2.45) is 5.92 Å². The van der Waals surface area contributed by atoms with E-state index in [4.69, 9.17) is 0 Å². The van der Waals surface area contributed by atoms with E-state index in [2.05, 4.69) is 20.9 Å². The first-order chi connectivity index (χ1) is 13.0. The van der Waals surface area contributed by atoms with Gasteiger partial charge in [0.1, 0.15) is 5.52 Å². The van der Waals surface area contributed by atoms with Crippen LogP contribution in [-0.2, 0) is 17.9 Å². The topological polar surface area (TPSA) is 88.9 Å². The molecule has 0 aliphatic carbocycles. The molecule has 2 amide bonds. The van der Waals surface area contributed by atoms with Gasteiger partial charge >= 0.3 is 0 Å². The second-order valence-corrected chi connectivity index (χ2v) is 6.63. The summed E-state index contributed by atoms with van der Waals surface area (Å²) in [5, 5.41) is 13.9. The van der Waals surface area contributed by atoms with E-state index in [0.29, 0.717) is 17.6 Å². The predicted molar refractivity (Wildman–Crippen MR) is 104 cm³/mol. The molecule has 0 radical (unpaired) electrons. The van der Waals surface area contributed by atoms with Gasteiger partial charge < -0.3 is 10.6 Å². The Labute approximate surface area is 157 Å². The highest BCUT2D eigenvalue weighted by atomic mass is 16.2. The van der Waals surface area contributed by atoms with Crippen LogP contribution in [0, 0.1) is 5.92 Å². The minimum Gasteiger partial charge on any atom is -0.348 e. The molecule has 3 aromatic rings. The highest BCUT2D eigenvalue weighted by Crippen LogP contribution is 2.14. The first-order valence-corrected chi connectivity index (χ1v) is 8.99. The third-order valence-electron chi connectivity index (χ3n) is 4.27. The molecule has 3 rings (SSSR count). The second kappa shape index (κ2) is 7.99. The van der Waals surface area contributed by atoms with Crippen molar-refractivity contribution in [3.63, 3.8) is 0 Å². The van der Waals surface area contributed by atoms with Gasteiger partial charge in [0.25, 0.3) is 5.91 Å². The summed E-state index contributed by atoms with van der Waals surface area (Å²) in [5.74, 6) is -0.258. The van der Waals surface area contributed by atoms with Gasteiger partial charge in [-0.25, -0.2) is 4.68 Å². The van der Waals surface area contributed by atoms with E-state index in [1.54, 1.807) is 16.8 Å². The van der Waals surface area contributed by atoms with Gasteiger partial charge in [0, 0.05) is 30.3 Å². The van der Waals surface area contributed by atoms with Crippen LogP contribution in [0.5, 0.6) is 0 Å². The van der Waals surface area contributed by atoms with Crippen molar-refractivity contribution < 1.29 is 9.59 Å². The van der Waals surface area contributed by atoms with E-state index < -0.39 is 0 Å². The summed E-state index contributed by atoms with van der Waals surface area (Å²) < 4.78 is 1.79. The van der Waals surface area contributed by atoms with Crippen molar-refractivity contribution in [3.05, 3.63) is 53.6 Å². The molecule has 2 N–H and O–H groups in total. The van der Waals surface area contributed by atoms with Gasteiger partial charge in [-0.15, -0.1) is 5.10 Å². The highest BCUT2D eigenvalue weighted by Gasteiger charge is 2.10. The number of nitrogens with zero attached hydrogens (tertiary/aromatic N) is 3. The fourth-order valence-electron chi connectivity index (χ4n) is 2.62. The Morgan fingerprint density at radius 2 is 1.85 bits per heavy atom. The molecule has 140 valence electrons. The average Bonchev–Trinajstić information content (AvgIpc) is 3.09. The predicted octanol–water partition coefficient (Wildman–Crippen LogP) is 2.98. The number of carbonyl (C=O) groups is 2. The third-order valence-corrected chi connectivity index (χ3v) is 4.27. The average molecular weight is 365 g/mol. The molecule has 0 fully saturated rings. The molecule has 7 heteroatoms. The smallest absolute Gasteiger partial charge is 0.251 e. The van der Waals surface area contributed by atoms with Gasteiger partial charge in [-0.3, -0.25) is 9.59 Å². The summed E-state index contributed by atoms with van der Waals surface area (Å²) in [5.41, 5.74) is 3.85. The maximum atomic E-state index is 12.4. The van der Waals surface area contributed by atoms with E-state index in [0.717, 1.165) is 23.3 Å². The van der Waals surface area contributed by atoms with Gasteiger partial charge in [-0.05, 0) is 42.8 Å². The molecule has 2 aromatic carbocycles. The lowest BCUT2D eigenvalue weighted by atomic mass is 10.1. The highest BCUT2D eigenvalue weighted by molar-refractivity contribution is 5.97. The normalized spacial score (nSPS) is 11.0. The number of benzene rings is 2. The molecule has 0 aliphatic heterocycles. The number of aromatic nitrogens is 3. The molecular weight excluding hydrogens is 342 g/mol. The third kappa shape index (κ3) is 4.31. The zero-order valence-electron chi connectivity index (χ0n) is 15.7. The summed E-state index contributed by atoms with van der Waals surface area (Å²) in [4.78, 5) is 24.1. The van der Waals surface area contributed by atoms with Crippen molar-refractivity contribution in [3.8, 4) is 0 Å².